The third-order valence-electron chi connectivity index (χ3n) is 3.81. The number of carbonyl (C=O) groups excluding carboxylic acids is 1. The number of ether oxygens (including phenoxy) is 1. The van der Waals surface area contributed by atoms with Crippen LogP contribution in [0.25, 0.3) is 0 Å². The zero-order chi connectivity index (χ0) is 12.4. The number of rotatable bonds is 2. The van der Waals surface area contributed by atoms with E-state index in [9.17, 15) is 4.79 Å². The number of amides is 1. The average molecular weight is 266 g/mol. The van der Waals surface area contributed by atoms with Crippen LogP contribution in [0, 0.1) is 5.92 Å². The molecule has 2 aliphatic heterocycles. The van der Waals surface area contributed by atoms with Crippen LogP contribution in [0.15, 0.2) is 11.6 Å². The van der Waals surface area contributed by atoms with E-state index in [1.54, 1.807) is 11.3 Å². The van der Waals surface area contributed by atoms with E-state index in [-0.39, 0.29) is 11.8 Å². The number of hydrogen-bond acceptors (Lipinski definition) is 4. The molecule has 1 amide bonds. The molecular weight excluding hydrogens is 248 g/mol. The smallest absolute Gasteiger partial charge is 0.228 e. The molecule has 0 aromatic carbocycles. The third kappa shape index (κ3) is 2.42. The first-order chi connectivity index (χ1) is 8.84. The number of hydrogen-bond donors (Lipinski definition) is 0. The first-order valence-electron chi connectivity index (χ1n) is 6.60. The van der Waals surface area contributed by atoms with Crippen LogP contribution in [0.3, 0.4) is 0 Å². The quantitative estimate of drug-likeness (QED) is 0.821. The maximum atomic E-state index is 12.3. The summed E-state index contributed by atoms with van der Waals surface area (Å²) >= 11 is 1.70. The lowest BCUT2D eigenvalue weighted by Crippen LogP contribution is -2.42. The van der Waals surface area contributed by atoms with Crippen LogP contribution in [0.2, 0.25) is 0 Å². The highest BCUT2D eigenvalue weighted by Crippen LogP contribution is 2.29. The largest absolute Gasteiger partial charge is 0.381 e. The van der Waals surface area contributed by atoms with E-state index in [1.807, 2.05) is 16.5 Å². The minimum absolute atomic E-state index is 0.0973. The predicted molar refractivity (Wildman–Crippen MR) is 69.6 cm³/mol. The predicted octanol–water partition coefficient (Wildman–Crippen LogP) is 1.89. The summed E-state index contributed by atoms with van der Waals surface area (Å²) in [7, 11) is 0. The lowest BCUT2D eigenvalue weighted by atomic mass is 9.97. The molecule has 3 rings (SSSR count). The molecule has 18 heavy (non-hydrogen) atoms. The fraction of sp³-hybridized carbons (Fsp3) is 0.692. The Morgan fingerprint density at radius 3 is 3.17 bits per heavy atom. The maximum Gasteiger partial charge on any atom is 0.228 e. The van der Waals surface area contributed by atoms with Crippen LogP contribution in [0.1, 0.15) is 30.2 Å². The van der Waals surface area contributed by atoms with Crippen molar-refractivity contribution in [3.8, 4) is 0 Å². The van der Waals surface area contributed by atoms with E-state index in [0.29, 0.717) is 12.5 Å². The zero-order valence-corrected chi connectivity index (χ0v) is 11.2. The number of nitrogens with zero attached hydrogens (tertiary/aromatic N) is 2. The second-order valence-electron chi connectivity index (χ2n) is 5.05. The van der Waals surface area contributed by atoms with Gasteiger partial charge in [-0.05, 0) is 19.3 Å². The summed E-state index contributed by atoms with van der Waals surface area (Å²) in [6.45, 7) is 3.08. The van der Waals surface area contributed by atoms with Crippen LogP contribution in [0.4, 0.5) is 0 Å². The Hall–Kier alpha value is -0.940. The number of likely N-dealkylation sites (tertiary alicyclic amines) is 1. The van der Waals surface area contributed by atoms with Crippen molar-refractivity contribution in [3.05, 3.63) is 16.6 Å². The Bertz CT molecular complexity index is 401. The Balaban J connectivity index is 1.64. The monoisotopic (exact) mass is 266 g/mol. The molecule has 5 heteroatoms. The highest BCUT2D eigenvalue weighted by Gasteiger charge is 2.32. The Labute approximate surface area is 111 Å². The number of thiazole rings is 1. The summed E-state index contributed by atoms with van der Waals surface area (Å²) in [5.74, 6) is 0.818. The van der Waals surface area contributed by atoms with Crippen molar-refractivity contribution in [2.75, 3.05) is 26.3 Å². The van der Waals surface area contributed by atoms with Gasteiger partial charge in [-0.15, -0.1) is 11.3 Å². The van der Waals surface area contributed by atoms with Crippen LogP contribution in [-0.4, -0.2) is 42.1 Å². The van der Waals surface area contributed by atoms with Gasteiger partial charge in [-0.2, -0.15) is 0 Å². The molecule has 0 saturated carbocycles. The molecule has 1 aromatic rings. The molecule has 2 fully saturated rings. The van der Waals surface area contributed by atoms with E-state index in [4.69, 9.17) is 4.74 Å². The normalized spacial score (nSPS) is 28.6. The van der Waals surface area contributed by atoms with Crippen molar-refractivity contribution in [1.82, 2.24) is 9.88 Å². The minimum Gasteiger partial charge on any atom is -0.381 e. The van der Waals surface area contributed by atoms with E-state index >= 15 is 0 Å². The van der Waals surface area contributed by atoms with Gasteiger partial charge in [0, 0.05) is 37.2 Å². The summed E-state index contributed by atoms with van der Waals surface area (Å²) in [5.41, 5.74) is 0. The molecule has 98 valence electrons. The molecule has 2 saturated heterocycles. The maximum absolute atomic E-state index is 12.3. The molecule has 2 atom stereocenters. The Kier molecular flexibility index (Phi) is 3.61. The SMILES string of the molecule is O=C([C@H]1CCOC1)N1CCC[C@H](c2nccs2)C1. The molecule has 1 aromatic heterocycles. The summed E-state index contributed by atoms with van der Waals surface area (Å²) < 4.78 is 5.31. The van der Waals surface area contributed by atoms with Crippen LogP contribution >= 0.6 is 11.3 Å². The molecule has 0 radical (unpaired) electrons. The summed E-state index contributed by atoms with van der Waals surface area (Å²) in [4.78, 5) is 18.8. The standard InChI is InChI=1S/C13H18N2O2S/c16-13(11-3-6-17-9-11)15-5-1-2-10(8-15)12-14-4-7-18-12/h4,7,10-11H,1-3,5-6,8-9H2/t10-,11-/m0/s1. The van der Waals surface area contributed by atoms with Gasteiger partial charge >= 0.3 is 0 Å². The molecule has 4 nitrogen and oxygen atoms in total. The molecule has 0 N–H and O–H groups in total. The zero-order valence-electron chi connectivity index (χ0n) is 10.4. The van der Waals surface area contributed by atoms with Crippen molar-refractivity contribution in [2.24, 2.45) is 5.92 Å². The van der Waals surface area contributed by atoms with Crippen molar-refractivity contribution >= 4 is 17.2 Å². The van der Waals surface area contributed by atoms with Gasteiger partial charge in [0.25, 0.3) is 0 Å². The first kappa shape index (κ1) is 12.1. The molecule has 0 bridgehead atoms. The molecule has 2 aliphatic rings. The molecule has 0 spiro atoms. The van der Waals surface area contributed by atoms with Gasteiger partial charge in [0.1, 0.15) is 0 Å². The van der Waals surface area contributed by atoms with Crippen molar-refractivity contribution in [2.45, 2.75) is 25.2 Å². The second-order valence-corrected chi connectivity index (χ2v) is 5.98. The number of aromatic nitrogens is 1. The number of piperidine rings is 1. The van der Waals surface area contributed by atoms with E-state index in [2.05, 4.69) is 4.98 Å². The molecule has 3 heterocycles. The van der Waals surface area contributed by atoms with Crippen molar-refractivity contribution < 1.29 is 9.53 Å². The van der Waals surface area contributed by atoms with Gasteiger partial charge in [-0.3, -0.25) is 4.79 Å². The van der Waals surface area contributed by atoms with Gasteiger partial charge in [0.15, 0.2) is 0 Å². The number of carbonyl (C=O) groups is 1. The van der Waals surface area contributed by atoms with Crippen LogP contribution in [-0.2, 0) is 9.53 Å². The van der Waals surface area contributed by atoms with Crippen LogP contribution in [0.5, 0.6) is 0 Å². The summed E-state index contributed by atoms with van der Waals surface area (Å²) in [6, 6.07) is 0. The van der Waals surface area contributed by atoms with Crippen LogP contribution < -0.4 is 0 Å². The van der Waals surface area contributed by atoms with Crippen molar-refractivity contribution in [1.29, 1.82) is 0 Å². The third-order valence-corrected chi connectivity index (χ3v) is 4.75. The van der Waals surface area contributed by atoms with E-state index < -0.39 is 0 Å². The van der Waals surface area contributed by atoms with Gasteiger partial charge in [-0.25, -0.2) is 4.98 Å². The fourth-order valence-electron chi connectivity index (χ4n) is 2.80. The molecule has 0 aliphatic carbocycles. The van der Waals surface area contributed by atoms with Crippen molar-refractivity contribution in [3.63, 3.8) is 0 Å². The summed E-state index contributed by atoms with van der Waals surface area (Å²) in [6.07, 6.45) is 4.98. The second kappa shape index (κ2) is 5.36. The minimum atomic E-state index is 0.0973. The average Bonchev–Trinajstić information content (AvgIpc) is 3.11. The van der Waals surface area contributed by atoms with Gasteiger partial charge in [0.05, 0.1) is 17.5 Å². The first-order valence-corrected chi connectivity index (χ1v) is 7.48. The molecule has 0 unspecified atom stereocenters. The summed E-state index contributed by atoms with van der Waals surface area (Å²) in [5, 5.41) is 3.19. The lowest BCUT2D eigenvalue weighted by molar-refractivity contribution is -0.136. The lowest BCUT2D eigenvalue weighted by Gasteiger charge is -2.33. The fourth-order valence-corrected chi connectivity index (χ4v) is 3.57. The topological polar surface area (TPSA) is 42.4 Å². The van der Waals surface area contributed by atoms with Gasteiger partial charge in [-0.1, -0.05) is 0 Å². The van der Waals surface area contributed by atoms with Gasteiger partial charge < -0.3 is 9.64 Å². The highest BCUT2D eigenvalue weighted by atomic mass is 32.1. The van der Waals surface area contributed by atoms with Gasteiger partial charge in [0.2, 0.25) is 5.91 Å². The highest BCUT2D eigenvalue weighted by molar-refractivity contribution is 7.09. The van der Waals surface area contributed by atoms with E-state index in [0.717, 1.165) is 39.0 Å². The Morgan fingerprint density at radius 2 is 2.44 bits per heavy atom. The van der Waals surface area contributed by atoms with E-state index in [1.165, 1.54) is 5.01 Å². The molecular formula is C13H18N2O2S. The Morgan fingerprint density at radius 1 is 1.50 bits per heavy atom.